The summed E-state index contributed by atoms with van der Waals surface area (Å²) < 4.78 is 13.6. The number of rotatable bonds is 6. The van der Waals surface area contributed by atoms with Gasteiger partial charge in [-0.25, -0.2) is 4.39 Å². The van der Waals surface area contributed by atoms with Gasteiger partial charge in [0.25, 0.3) is 11.8 Å². The normalized spacial score (nSPS) is 13.1. The Kier molecular flexibility index (Phi) is 5.08. The van der Waals surface area contributed by atoms with Crippen molar-refractivity contribution in [3.05, 3.63) is 83.2 Å². The number of benzene rings is 3. The van der Waals surface area contributed by atoms with Crippen LogP contribution in [0.4, 0.5) is 4.39 Å². The number of carbonyl (C=O) groups is 3. The standard InChI is InChI=1S/C23H19FN2O3/c24-19-10-2-1-5-15(19)11-13-25-20(27)12-14-26-22(28)17-8-3-6-16-7-4-9-18(21(16)17)23(26)29/h1-10H,11-14H2,(H,25,27). The highest BCUT2D eigenvalue weighted by atomic mass is 19.1. The Morgan fingerprint density at radius 2 is 1.55 bits per heavy atom. The molecule has 0 unspecified atom stereocenters. The summed E-state index contributed by atoms with van der Waals surface area (Å²) in [5, 5.41) is 4.21. The van der Waals surface area contributed by atoms with Gasteiger partial charge in [0, 0.05) is 36.0 Å². The third-order valence-corrected chi connectivity index (χ3v) is 5.09. The minimum Gasteiger partial charge on any atom is -0.356 e. The zero-order valence-electron chi connectivity index (χ0n) is 15.7. The van der Waals surface area contributed by atoms with E-state index in [2.05, 4.69) is 5.32 Å². The van der Waals surface area contributed by atoms with Crippen LogP contribution in [0.2, 0.25) is 0 Å². The lowest BCUT2D eigenvalue weighted by Gasteiger charge is -2.27. The summed E-state index contributed by atoms with van der Waals surface area (Å²) in [6.07, 6.45) is 0.363. The summed E-state index contributed by atoms with van der Waals surface area (Å²) in [5.74, 6) is -1.38. The van der Waals surface area contributed by atoms with Gasteiger partial charge in [0.2, 0.25) is 5.91 Å². The van der Waals surface area contributed by atoms with Crippen molar-refractivity contribution >= 4 is 28.5 Å². The number of nitrogens with one attached hydrogen (secondary N) is 1. The highest BCUT2D eigenvalue weighted by Gasteiger charge is 2.32. The molecule has 5 nitrogen and oxygen atoms in total. The van der Waals surface area contributed by atoms with E-state index in [0.29, 0.717) is 28.5 Å². The Hall–Kier alpha value is -3.54. The van der Waals surface area contributed by atoms with Crippen LogP contribution in [-0.2, 0) is 11.2 Å². The monoisotopic (exact) mass is 390 g/mol. The average molecular weight is 390 g/mol. The summed E-state index contributed by atoms with van der Waals surface area (Å²) >= 11 is 0. The van der Waals surface area contributed by atoms with Crippen LogP contribution in [0.15, 0.2) is 60.7 Å². The van der Waals surface area contributed by atoms with Gasteiger partial charge < -0.3 is 5.32 Å². The number of hydrogen-bond donors (Lipinski definition) is 1. The molecule has 3 aromatic carbocycles. The van der Waals surface area contributed by atoms with Gasteiger partial charge >= 0.3 is 0 Å². The molecule has 0 atom stereocenters. The number of imide groups is 1. The van der Waals surface area contributed by atoms with Gasteiger partial charge in [-0.2, -0.15) is 0 Å². The van der Waals surface area contributed by atoms with Crippen LogP contribution < -0.4 is 5.32 Å². The minimum atomic E-state index is -0.390. The Morgan fingerprint density at radius 3 is 2.21 bits per heavy atom. The zero-order valence-corrected chi connectivity index (χ0v) is 15.7. The van der Waals surface area contributed by atoms with E-state index in [9.17, 15) is 18.8 Å². The number of hydrogen-bond acceptors (Lipinski definition) is 3. The lowest BCUT2D eigenvalue weighted by molar-refractivity contribution is -0.121. The molecule has 0 spiro atoms. The van der Waals surface area contributed by atoms with Crippen LogP contribution in [0.25, 0.3) is 10.8 Å². The predicted molar refractivity (Wildman–Crippen MR) is 107 cm³/mol. The van der Waals surface area contributed by atoms with Crippen molar-refractivity contribution in [2.45, 2.75) is 12.8 Å². The third-order valence-electron chi connectivity index (χ3n) is 5.09. The second kappa shape index (κ2) is 7.83. The molecule has 3 aromatic rings. The van der Waals surface area contributed by atoms with Gasteiger partial charge in [-0.1, -0.05) is 42.5 Å². The predicted octanol–water partition coefficient (Wildman–Crippen LogP) is 3.32. The molecule has 0 aromatic heterocycles. The van der Waals surface area contributed by atoms with Crippen LogP contribution >= 0.6 is 0 Å². The molecule has 1 aliphatic heterocycles. The van der Waals surface area contributed by atoms with Crippen molar-refractivity contribution in [3.8, 4) is 0 Å². The second-order valence-electron chi connectivity index (χ2n) is 6.91. The maximum absolute atomic E-state index is 13.6. The van der Waals surface area contributed by atoms with Crippen molar-refractivity contribution in [2.75, 3.05) is 13.1 Å². The molecule has 0 bridgehead atoms. The first-order valence-corrected chi connectivity index (χ1v) is 9.44. The maximum Gasteiger partial charge on any atom is 0.261 e. The summed E-state index contributed by atoms with van der Waals surface area (Å²) in [7, 11) is 0. The van der Waals surface area contributed by atoms with Gasteiger partial charge in [-0.3, -0.25) is 19.3 Å². The molecule has 1 N–H and O–H groups in total. The quantitative estimate of drug-likeness (QED) is 0.657. The van der Waals surface area contributed by atoms with E-state index < -0.39 is 11.8 Å². The first kappa shape index (κ1) is 18.8. The largest absolute Gasteiger partial charge is 0.356 e. The topological polar surface area (TPSA) is 66.5 Å². The van der Waals surface area contributed by atoms with Crippen LogP contribution in [0, 0.1) is 5.82 Å². The van der Waals surface area contributed by atoms with Crippen LogP contribution in [0.5, 0.6) is 0 Å². The van der Waals surface area contributed by atoms with Gasteiger partial charge in [-0.05, 0) is 35.6 Å². The Morgan fingerprint density at radius 1 is 0.897 bits per heavy atom. The Labute approximate surface area is 167 Å². The molecule has 29 heavy (non-hydrogen) atoms. The minimum absolute atomic E-state index is 0.00603. The number of nitrogens with zero attached hydrogens (tertiary/aromatic N) is 1. The molecule has 1 heterocycles. The fourth-order valence-electron chi connectivity index (χ4n) is 3.62. The fourth-order valence-corrected chi connectivity index (χ4v) is 3.62. The van der Waals surface area contributed by atoms with E-state index in [1.807, 2.05) is 12.1 Å². The van der Waals surface area contributed by atoms with Crippen molar-refractivity contribution in [1.82, 2.24) is 10.2 Å². The third kappa shape index (κ3) is 3.61. The van der Waals surface area contributed by atoms with E-state index in [1.165, 1.54) is 6.07 Å². The number of amides is 3. The van der Waals surface area contributed by atoms with Gasteiger partial charge in [0.05, 0.1) is 0 Å². The molecule has 0 saturated carbocycles. The van der Waals surface area contributed by atoms with Gasteiger partial charge in [0.15, 0.2) is 0 Å². The Balaban J connectivity index is 1.39. The Bertz CT molecular complexity index is 1080. The molecule has 0 fully saturated rings. The maximum atomic E-state index is 13.6. The van der Waals surface area contributed by atoms with Crippen LogP contribution in [-0.4, -0.2) is 35.7 Å². The van der Waals surface area contributed by atoms with Crippen molar-refractivity contribution in [3.63, 3.8) is 0 Å². The first-order chi connectivity index (χ1) is 14.1. The molecule has 0 aliphatic carbocycles. The van der Waals surface area contributed by atoms with E-state index in [1.54, 1.807) is 42.5 Å². The molecule has 146 valence electrons. The van der Waals surface area contributed by atoms with Crippen molar-refractivity contribution < 1.29 is 18.8 Å². The van der Waals surface area contributed by atoms with E-state index in [0.717, 1.165) is 10.3 Å². The van der Waals surface area contributed by atoms with E-state index >= 15 is 0 Å². The second-order valence-corrected chi connectivity index (χ2v) is 6.91. The fraction of sp³-hybridized carbons (Fsp3) is 0.174. The molecular weight excluding hydrogens is 371 g/mol. The smallest absolute Gasteiger partial charge is 0.261 e. The van der Waals surface area contributed by atoms with Crippen LogP contribution in [0.3, 0.4) is 0 Å². The molecule has 0 saturated heterocycles. The lowest BCUT2D eigenvalue weighted by Crippen LogP contribution is -2.42. The van der Waals surface area contributed by atoms with E-state index in [-0.39, 0.29) is 31.2 Å². The number of halogens is 1. The van der Waals surface area contributed by atoms with Crippen LogP contribution in [0.1, 0.15) is 32.7 Å². The lowest BCUT2D eigenvalue weighted by atomic mass is 9.94. The molecule has 1 aliphatic rings. The average Bonchev–Trinajstić information content (AvgIpc) is 2.73. The SMILES string of the molecule is O=C(CCN1C(=O)c2cccc3cccc(c23)C1=O)NCCc1ccccc1F. The van der Waals surface area contributed by atoms with Gasteiger partial charge in [-0.15, -0.1) is 0 Å². The summed E-state index contributed by atoms with van der Waals surface area (Å²) in [6, 6.07) is 17.1. The van der Waals surface area contributed by atoms with Gasteiger partial charge in [0.1, 0.15) is 5.82 Å². The molecule has 4 rings (SSSR count). The highest BCUT2D eigenvalue weighted by Crippen LogP contribution is 2.29. The van der Waals surface area contributed by atoms with Crippen molar-refractivity contribution in [1.29, 1.82) is 0 Å². The van der Waals surface area contributed by atoms with Crippen molar-refractivity contribution in [2.24, 2.45) is 0 Å². The van der Waals surface area contributed by atoms with E-state index in [4.69, 9.17) is 0 Å². The summed E-state index contributed by atoms with van der Waals surface area (Å²) in [4.78, 5) is 38.9. The molecule has 3 amide bonds. The number of carbonyl (C=O) groups excluding carboxylic acids is 3. The summed E-state index contributed by atoms with van der Waals surface area (Å²) in [5.41, 5.74) is 1.47. The first-order valence-electron chi connectivity index (χ1n) is 9.44. The zero-order chi connectivity index (χ0) is 20.4. The molecule has 0 radical (unpaired) electrons. The summed E-state index contributed by atoms with van der Waals surface area (Å²) in [6.45, 7) is 0.276. The highest BCUT2D eigenvalue weighted by molar-refractivity contribution is 6.25. The molecular formula is C23H19FN2O3. The molecule has 6 heteroatoms.